The van der Waals surface area contributed by atoms with Crippen molar-refractivity contribution in [2.24, 2.45) is 5.92 Å². The first-order valence-corrected chi connectivity index (χ1v) is 13.9. The van der Waals surface area contributed by atoms with Crippen LogP contribution in [-0.4, -0.2) is 77.8 Å². The Balaban J connectivity index is 1.57. The largest absolute Gasteiger partial charge is 0.487 e. The molecule has 0 fully saturated rings. The van der Waals surface area contributed by atoms with E-state index in [1.54, 1.807) is 42.0 Å². The first kappa shape index (κ1) is 29.7. The van der Waals surface area contributed by atoms with Gasteiger partial charge in [-0.25, -0.2) is 9.59 Å². The fourth-order valence-corrected chi connectivity index (χ4v) is 4.85. The molecule has 3 aromatic carbocycles. The first-order chi connectivity index (χ1) is 19.6. The van der Waals surface area contributed by atoms with Crippen molar-refractivity contribution in [2.45, 2.75) is 45.9 Å². The lowest BCUT2D eigenvalue weighted by Gasteiger charge is -2.38. The minimum Gasteiger partial charge on any atom is -0.487 e. The fourth-order valence-electron chi connectivity index (χ4n) is 4.85. The average Bonchev–Trinajstić information content (AvgIpc) is 2.94. The summed E-state index contributed by atoms with van der Waals surface area (Å²) < 4.78 is 6.39. The monoisotopic (exact) mass is 561 g/mol. The molecule has 4 N–H and O–H groups in total. The molecule has 10 nitrogen and oxygen atoms in total. The number of nitrogens with zero attached hydrogens (tertiary/aromatic N) is 2. The van der Waals surface area contributed by atoms with Gasteiger partial charge in [0.1, 0.15) is 11.9 Å². The molecule has 0 saturated heterocycles. The summed E-state index contributed by atoms with van der Waals surface area (Å²) in [5.41, 5.74) is 1.42. The van der Waals surface area contributed by atoms with Crippen LogP contribution in [0.1, 0.15) is 38.1 Å². The summed E-state index contributed by atoms with van der Waals surface area (Å²) in [5.74, 6) is -0.121. The van der Waals surface area contributed by atoms with Crippen LogP contribution in [0.2, 0.25) is 0 Å². The number of likely N-dealkylation sites (N-methyl/N-ethyl adjacent to an activating group) is 1. The molecular weight excluding hydrogens is 522 g/mol. The highest BCUT2D eigenvalue weighted by molar-refractivity contribution is 6.02. The number of ether oxygens (including phenoxy) is 1. The summed E-state index contributed by atoms with van der Waals surface area (Å²) in [6, 6.07) is 17.4. The van der Waals surface area contributed by atoms with Crippen LogP contribution in [0.15, 0.2) is 60.7 Å². The van der Waals surface area contributed by atoms with Gasteiger partial charge in [0.25, 0.3) is 5.91 Å². The third-order valence-corrected chi connectivity index (χ3v) is 7.17. The van der Waals surface area contributed by atoms with Gasteiger partial charge < -0.3 is 35.6 Å². The molecule has 0 radical (unpaired) electrons. The number of carbonyl (C=O) groups excluding carboxylic acids is 3. The summed E-state index contributed by atoms with van der Waals surface area (Å²) >= 11 is 0. The molecule has 1 aliphatic rings. The van der Waals surface area contributed by atoms with Gasteiger partial charge in [0.15, 0.2) is 0 Å². The number of rotatable bonds is 7. The highest BCUT2D eigenvalue weighted by atomic mass is 16.5. The number of aliphatic hydroxyl groups is 1. The van der Waals surface area contributed by atoms with Crippen LogP contribution in [0.5, 0.6) is 5.75 Å². The molecule has 3 atom stereocenters. The van der Waals surface area contributed by atoms with Crippen LogP contribution in [0.25, 0.3) is 10.8 Å². The number of nitrogens with one attached hydrogen (secondary N) is 3. The molecule has 0 aromatic heterocycles. The number of benzene rings is 3. The standard InChI is InChI=1S/C31H39N5O5/c1-19(2)32-30(39)33-23-13-14-27-25(15-23)29(38)36(21(4)18-37)16-20(3)28(41-27)17-35(5)31(40)34-26-12-8-10-22-9-6-7-11-24(22)26/h6-15,19-21,28,37H,16-18H2,1-5H3,(H,34,40)(H2,32,33,39)/t20-,21+,28-/m0/s1. The second-order valence-corrected chi connectivity index (χ2v) is 10.9. The van der Waals surface area contributed by atoms with E-state index in [4.69, 9.17) is 4.74 Å². The SMILES string of the molecule is CC(C)NC(=O)Nc1ccc2c(c1)C(=O)N([C@H](C)CO)C[C@H](C)[C@H](CN(C)C(=O)Nc1cccc3ccccc13)O2. The van der Waals surface area contributed by atoms with Crippen molar-refractivity contribution in [1.82, 2.24) is 15.1 Å². The van der Waals surface area contributed by atoms with Gasteiger partial charge in [0.05, 0.1) is 30.4 Å². The Kier molecular flexibility index (Phi) is 9.34. The summed E-state index contributed by atoms with van der Waals surface area (Å²) in [5, 5.41) is 20.4. The number of hydrogen-bond acceptors (Lipinski definition) is 5. The van der Waals surface area contributed by atoms with E-state index in [1.807, 2.05) is 63.2 Å². The quantitative estimate of drug-likeness (QED) is 0.331. The lowest BCUT2D eigenvalue weighted by atomic mass is 9.99. The van der Waals surface area contributed by atoms with E-state index in [2.05, 4.69) is 16.0 Å². The molecule has 3 aromatic rings. The maximum atomic E-state index is 13.6. The van der Waals surface area contributed by atoms with Gasteiger partial charge in [0.2, 0.25) is 0 Å². The number of anilines is 2. The third kappa shape index (κ3) is 7.07. The smallest absolute Gasteiger partial charge is 0.321 e. The highest BCUT2D eigenvalue weighted by Crippen LogP contribution is 2.31. The van der Waals surface area contributed by atoms with E-state index >= 15 is 0 Å². The summed E-state index contributed by atoms with van der Waals surface area (Å²) in [4.78, 5) is 42.3. The lowest BCUT2D eigenvalue weighted by molar-refractivity contribution is 0.0371. The molecule has 5 amide bonds. The number of hydrogen-bond donors (Lipinski definition) is 4. The number of urea groups is 2. The Morgan fingerprint density at radius 1 is 1.07 bits per heavy atom. The zero-order valence-electron chi connectivity index (χ0n) is 24.2. The number of carbonyl (C=O) groups is 3. The highest BCUT2D eigenvalue weighted by Gasteiger charge is 2.34. The predicted molar refractivity (Wildman–Crippen MR) is 160 cm³/mol. The molecule has 10 heteroatoms. The van der Waals surface area contributed by atoms with E-state index in [1.165, 1.54) is 0 Å². The number of fused-ring (bicyclic) bond motifs is 2. The minimum absolute atomic E-state index is 0.0535. The van der Waals surface area contributed by atoms with Crippen LogP contribution in [-0.2, 0) is 0 Å². The van der Waals surface area contributed by atoms with Gasteiger partial charge in [0, 0.05) is 36.6 Å². The molecule has 1 aliphatic heterocycles. The molecule has 0 spiro atoms. The van der Waals surface area contributed by atoms with E-state index < -0.39 is 12.1 Å². The second kappa shape index (κ2) is 12.9. The van der Waals surface area contributed by atoms with Crippen molar-refractivity contribution in [2.75, 3.05) is 37.4 Å². The number of amides is 5. The molecule has 0 bridgehead atoms. The van der Waals surface area contributed by atoms with E-state index in [-0.39, 0.29) is 48.6 Å². The summed E-state index contributed by atoms with van der Waals surface area (Å²) in [7, 11) is 1.70. The van der Waals surface area contributed by atoms with Crippen molar-refractivity contribution in [3.05, 3.63) is 66.2 Å². The van der Waals surface area contributed by atoms with Gasteiger partial charge in [-0.2, -0.15) is 0 Å². The van der Waals surface area contributed by atoms with Gasteiger partial charge >= 0.3 is 12.1 Å². The Hall–Kier alpha value is -4.31. The summed E-state index contributed by atoms with van der Waals surface area (Å²) in [6.07, 6.45) is -0.457. The zero-order chi connectivity index (χ0) is 29.7. The topological polar surface area (TPSA) is 123 Å². The molecule has 0 saturated carbocycles. The van der Waals surface area contributed by atoms with Crippen LogP contribution in [0, 0.1) is 5.92 Å². The Morgan fingerprint density at radius 3 is 2.54 bits per heavy atom. The molecule has 4 rings (SSSR count). The lowest BCUT2D eigenvalue weighted by Crippen LogP contribution is -2.50. The van der Waals surface area contributed by atoms with Crippen LogP contribution in [0.3, 0.4) is 0 Å². The fraction of sp³-hybridized carbons (Fsp3) is 0.387. The second-order valence-electron chi connectivity index (χ2n) is 10.9. The zero-order valence-corrected chi connectivity index (χ0v) is 24.2. The molecule has 0 unspecified atom stereocenters. The van der Waals surface area contributed by atoms with Gasteiger partial charge in [-0.15, -0.1) is 0 Å². The van der Waals surface area contributed by atoms with Crippen LogP contribution in [0.4, 0.5) is 21.0 Å². The van der Waals surface area contributed by atoms with Gasteiger partial charge in [-0.3, -0.25) is 4.79 Å². The van der Waals surface area contributed by atoms with Gasteiger partial charge in [-0.1, -0.05) is 43.3 Å². The van der Waals surface area contributed by atoms with Crippen LogP contribution < -0.4 is 20.7 Å². The van der Waals surface area contributed by atoms with E-state index in [9.17, 15) is 19.5 Å². The predicted octanol–water partition coefficient (Wildman–Crippen LogP) is 4.75. The average molecular weight is 562 g/mol. The molecule has 218 valence electrons. The van der Waals surface area contributed by atoms with Crippen molar-refractivity contribution in [3.8, 4) is 5.75 Å². The normalized spacial score (nSPS) is 17.6. The summed E-state index contributed by atoms with van der Waals surface area (Å²) in [6.45, 7) is 7.81. The Bertz CT molecular complexity index is 1410. The van der Waals surface area contributed by atoms with E-state index in [0.717, 1.165) is 10.8 Å². The Labute approximate surface area is 240 Å². The first-order valence-electron chi connectivity index (χ1n) is 13.9. The molecular formula is C31H39N5O5. The molecule has 0 aliphatic carbocycles. The van der Waals surface area contributed by atoms with Crippen molar-refractivity contribution < 1.29 is 24.2 Å². The van der Waals surface area contributed by atoms with Crippen LogP contribution >= 0.6 is 0 Å². The van der Waals surface area contributed by atoms with Gasteiger partial charge in [-0.05, 0) is 50.4 Å². The third-order valence-electron chi connectivity index (χ3n) is 7.17. The maximum Gasteiger partial charge on any atom is 0.321 e. The molecule has 41 heavy (non-hydrogen) atoms. The Morgan fingerprint density at radius 2 is 1.80 bits per heavy atom. The molecule has 1 heterocycles. The minimum atomic E-state index is -0.457. The van der Waals surface area contributed by atoms with Crippen molar-refractivity contribution in [3.63, 3.8) is 0 Å². The number of aliphatic hydroxyl groups excluding tert-OH is 1. The maximum absolute atomic E-state index is 13.6. The van der Waals surface area contributed by atoms with Crippen molar-refractivity contribution in [1.29, 1.82) is 0 Å². The van der Waals surface area contributed by atoms with Crippen molar-refractivity contribution >= 4 is 40.1 Å². The van der Waals surface area contributed by atoms with E-state index in [0.29, 0.717) is 23.7 Å².